The topological polar surface area (TPSA) is 43.4 Å². The molecule has 0 atom stereocenters. The molecule has 0 N–H and O–H groups in total. The van der Waals surface area contributed by atoms with Crippen LogP contribution in [0.25, 0.3) is 0 Å². The Bertz CT molecular complexity index is 454. The molecule has 0 fully saturated rings. The van der Waals surface area contributed by atoms with E-state index >= 15 is 0 Å². The zero-order chi connectivity index (χ0) is 12.2. The maximum atomic E-state index is 11.4. The SMILES string of the molecule is CCCOc1ccc(CC)cc1S(=O)(=O)Cl. The number of hydrogen-bond acceptors (Lipinski definition) is 3. The number of aryl methyl sites for hydroxylation is 1. The molecule has 0 spiro atoms. The van der Waals surface area contributed by atoms with E-state index in [4.69, 9.17) is 15.4 Å². The van der Waals surface area contributed by atoms with Crippen molar-refractivity contribution < 1.29 is 13.2 Å². The second kappa shape index (κ2) is 5.55. The molecule has 3 nitrogen and oxygen atoms in total. The van der Waals surface area contributed by atoms with Gasteiger partial charge in [-0.3, -0.25) is 0 Å². The molecule has 0 aromatic heterocycles. The van der Waals surface area contributed by atoms with Crippen molar-refractivity contribution in [2.75, 3.05) is 6.61 Å². The van der Waals surface area contributed by atoms with E-state index in [1.165, 1.54) is 0 Å². The Morgan fingerprint density at radius 1 is 1.31 bits per heavy atom. The fraction of sp³-hybridized carbons (Fsp3) is 0.455. The second-order valence-corrected chi connectivity index (χ2v) is 5.96. The normalized spacial score (nSPS) is 11.4. The quantitative estimate of drug-likeness (QED) is 0.767. The van der Waals surface area contributed by atoms with Crippen LogP contribution in [0.4, 0.5) is 0 Å². The van der Waals surface area contributed by atoms with Crippen LogP contribution >= 0.6 is 10.7 Å². The van der Waals surface area contributed by atoms with Gasteiger partial charge in [-0.25, -0.2) is 8.42 Å². The van der Waals surface area contributed by atoms with Gasteiger partial charge in [-0.05, 0) is 30.5 Å². The first-order valence-corrected chi connectivity index (χ1v) is 7.50. The summed E-state index contributed by atoms with van der Waals surface area (Å²) >= 11 is 0. The van der Waals surface area contributed by atoms with Crippen molar-refractivity contribution in [3.8, 4) is 5.75 Å². The molecule has 16 heavy (non-hydrogen) atoms. The lowest BCUT2D eigenvalue weighted by atomic mass is 10.2. The summed E-state index contributed by atoms with van der Waals surface area (Å²) in [5.74, 6) is 0.328. The largest absolute Gasteiger partial charge is 0.492 e. The van der Waals surface area contributed by atoms with Crippen molar-refractivity contribution in [1.29, 1.82) is 0 Å². The zero-order valence-corrected chi connectivity index (χ0v) is 10.9. The van der Waals surface area contributed by atoms with E-state index in [0.29, 0.717) is 12.4 Å². The number of ether oxygens (including phenoxy) is 1. The smallest absolute Gasteiger partial charge is 0.264 e. The third-order valence-electron chi connectivity index (χ3n) is 2.14. The van der Waals surface area contributed by atoms with Crippen LogP contribution in [-0.4, -0.2) is 15.0 Å². The monoisotopic (exact) mass is 262 g/mol. The second-order valence-electron chi connectivity index (χ2n) is 3.42. The third kappa shape index (κ3) is 3.39. The molecule has 0 aliphatic rings. The zero-order valence-electron chi connectivity index (χ0n) is 9.36. The third-order valence-corrected chi connectivity index (χ3v) is 3.48. The van der Waals surface area contributed by atoms with Crippen LogP contribution in [-0.2, 0) is 15.5 Å². The Morgan fingerprint density at radius 2 is 2.00 bits per heavy atom. The molecule has 0 aliphatic carbocycles. The van der Waals surface area contributed by atoms with Gasteiger partial charge in [0.1, 0.15) is 10.6 Å². The molecule has 0 radical (unpaired) electrons. The average molecular weight is 263 g/mol. The van der Waals surface area contributed by atoms with Crippen molar-refractivity contribution in [2.24, 2.45) is 0 Å². The minimum absolute atomic E-state index is 0.0574. The van der Waals surface area contributed by atoms with Crippen molar-refractivity contribution in [2.45, 2.75) is 31.6 Å². The number of benzene rings is 1. The first kappa shape index (κ1) is 13.3. The van der Waals surface area contributed by atoms with E-state index in [0.717, 1.165) is 18.4 Å². The molecule has 0 bridgehead atoms. The van der Waals surface area contributed by atoms with Crippen LogP contribution in [0.2, 0.25) is 0 Å². The van der Waals surface area contributed by atoms with Gasteiger partial charge in [-0.2, -0.15) is 0 Å². The van der Waals surface area contributed by atoms with E-state index in [2.05, 4.69) is 0 Å². The van der Waals surface area contributed by atoms with E-state index in [1.54, 1.807) is 12.1 Å². The summed E-state index contributed by atoms with van der Waals surface area (Å²) < 4.78 is 28.1. The highest BCUT2D eigenvalue weighted by atomic mass is 35.7. The predicted molar refractivity (Wildman–Crippen MR) is 64.6 cm³/mol. The van der Waals surface area contributed by atoms with Crippen molar-refractivity contribution in [3.05, 3.63) is 23.8 Å². The van der Waals surface area contributed by atoms with E-state index in [9.17, 15) is 8.42 Å². The van der Waals surface area contributed by atoms with Gasteiger partial charge in [0.2, 0.25) is 0 Å². The summed E-state index contributed by atoms with van der Waals surface area (Å²) in [7, 11) is 1.61. The highest BCUT2D eigenvalue weighted by Gasteiger charge is 2.17. The van der Waals surface area contributed by atoms with Crippen molar-refractivity contribution in [3.63, 3.8) is 0 Å². The Hall–Kier alpha value is -0.740. The molecule has 0 heterocycles. The molecule has 0 unspecified atom stereocenters. The Balaban J connectivity index is 3.17. The van der Waals surface area contributed by atoms with Gasteiger partial charge in [-0.15, -0.1) is 0 Å². The van der Waals surface area contributed by atoms with Crippen LogP contribution in [0.15, 0.2) is 23.1 Å². The summed E-state index contributed by atoms with van der Waals surface area (Å²) in [6.45, 7) is 4.38. The first-order chi connectivity index (χ1) is 7.49. The Morgan fingerprint density at radius 3 is 2.50 bits per heavy atom. The van der Waals surface area contributed by atoms with Gasteiger partial charge in [0.05, 0.1) is 6.61 Å². The van der Waals surface area contributed by atoms with E-state index in [-0.39, 0.29) is 4.90 Å². The molecule has 0 aliphatic heterocycles. The van der Waals surface area contributed by atoms with Crippen molar-refractivity contribution >= 4 is 19.7 Å². The van der Waals surface area contributed by atoms with Crippen LogP contribution in [0.5, 0.6) is 5.75 Å². The molecule has 90 valence electrons. The van der Waals surface area contributed by atoms with Crippen LogP contribution in [0.3, 0.4) is 0 Å². The van der Waals surface area contributed by atoms with Gasteiger partial charge in [-0.1, -0.05) is 19.9 Å². The van der Waals surface area contributed by atoms with Gasteiger partial charge in [0, 0.05) is 10.7 Å². The van der Waals surface area contributed by atoms with Gasteiger partial charge in [0.25, 0.3) is 9.05 Å². The summed E-state index contributed by atoms with van der Waals surface area (Å²) in [4.78, 5) is 0.0574. The van der Waals surface area contributed by atoms with Gasteiger partial charge >= 0.3 is 0 Å². The predicted octanol–water partition coefficient (Wildman–Crippen LogP) is 2.97. The molecule has 0 saturated heterocycles. The number of hydrogen-bond donors (Lipinski definition) is 0. The first-order valence-electron chi connectivity index (χ1n) is 5.19. The van der Waals surface area contributed by atoms with Crippen molar-refractivity contribution in [1.82, 2.24) is 0 Å². The Labute approximate surface area is 101 Å². The van der Waals surface area contributed by atoms with E-state index in [1.807, 2.05) is 19.9 Å². The lowest BCUT2D eigenvalue weighted by molar-refractivity contribution is 0.309. The standard InChI is InChI=1S/C11H15ClO3S/c1-3-7-15-10-6-5-9(4-2)8-11(10)16(12,13)14/h5-6,8H,3-4,7H2,1-2H3. The maximum absolute atomic E-state index is 11.4. The summed E-state index contributed by atoms with van der Waals surface area (Å²) in [5.41, 5.74) is 0.920. The highest BCUT2D eigenvalue weighted by Crippen LogP contribution is 2.28. The molecule has 1 rings (SSSR count). The molecular weight excluding hydrogens is 248 g/mol. The summed E-state index contributed by atoms with van der Waals surface area (Å²) in [5, 5.41) is 0. The van der Waals surface area contributed by atoms with E-state index < -0.39 is 9.05 Å². The fourth-order valence-electron chi connectivity index (χ4n) is 1.29. The molecule has 1 aromatic carbocycles. The van der Waals surface area contributed by atoms with Crippen LogP contribution in [0.1, 0.15) is 25.8 Å². The molecule has 0 saturated carbocycles. The van der Waals surface area contributed by atoms with Crippen LogP contribution in [0, 0.1) is 0 Å². The minimum Gasteiger partial charge on any atom is -0.492 e. The average Bonchev–Trinajstić information content (AvgIpc) is 2.25. The van der Waals surface area contributed by atoms with Crippen LogP contribution < -0.4 is 4.74 Å². The lowest BCUT2D eigenvalue weighted by Crippen LogP contribution is -2.02. The minimum atomic E-state index is -3.75. The lowest BCUT2D eigenvalue weighted by Gasteiger charge is -2.09. The number of rotatable bonds is 5. The summed E-state index contributed by atoms with van der Waals surface area (Å²) in [6, 6.07) is 5.06. The maximum Gasteiger partial charge on any atom is 0.264 e. The molecule has 1 aromatic rings. The van der Waals surface area contributed by atoms with Gasteiger partial charge < -0.3 is 4.74 Å². The van der Waals surface area contributed by atoms with Gasteiger partial charge in [0.15, 0.2) is 0 Å². The molecular formula is C11H15ClO3S. The highest BCUT2D eigenvalue weighted by molar-refractivity contribution is 8.13. The summed E-state index contributed by atoms with van der Waals surface area (Å²) in [6.07, 6.45) is 1.57. The molecule has 0 amide bonds. The fourth-order valence-corrected chi connectivity index (χ4v) is 2.32. The molecule has 5 heteroatoms. The number of halogens is 1. The Kier molecular flexibility index (Phi) is 4.62.